The van der Waals surface area contributed by atoms with E-state index in [0.717, 1.165) is 62.8 Å². The molecule has 0 saturated heterocycles. The van der Waals surface area contributed by atoms with Crippen molar-refractivity contribution in [2.24, 2.45) is 0 Å². The summed E-state index contributed by atoms with van der Waals surface area (Å²) >= 11 is 0. The number of aryl methyl sites for hydroxylation is 4. The largest absolute Gasteiger partial charge is 2.00 e. The van der Waals surface area contributed by atoms with Gasteiger partial charge in [0.2, 0.25) is 11.4 Å². The van der Waals surface area contributed by atoms with Gasteiger partial charge in [0.15, 0.2) is 0 Å². The molecule has 0 aromatic heterocycles. The van der Waals surface area contributed by atoms with Gasteiger partial charge in [0, 0.05) is 22.3 Å². The van der Waals surface area contributed by atoms with E-state index in [0.29, 0.717) is 0 Å². The zero-order valence-electron chi connectivity index (χ0n) is 54.4. The minimum atomic E-state index is 0. The van der Waals surface area contributed by atoms with Gasteiger partial charge in [0.05, 0.1) is 0 Å². The summed E-state index contributed by atoms with van der Waals surface area (Å²) in [5.74, 6) is 0. The number of hydrogen-bond donors (Lipinski definition) is 0. The summed E-state index contributed by atoms with van der Waals surface area (Å²) in [6.45, 7) is 26.0. The Labute approximate surface area is 506 Å². The summed E-state index contributed by atoms with van der Waals surface area (Å²) in [7, 11) is 0. The second-order valence-corrected chi connectivity index (χ2v) is 24.4. The predicted octanol–water partition coefficient (Wildman–Crippen LogP) is 26.8. The monoisotopic (exact) mass is 1130 g/mol. The van der Waals surface area contributed by atoms with Crippen LogP contribution in [-0.4, -0.2) is 4.70 Å². The van der Waals surface area contributed by atoms with E-state index in [1.165, 1.54) is 314 Å². The van der Waals surface area contributed by atoms with Crippen LogP contribution in [0.2, 0.25) is 0 Å². The van der Waals surface area contributed by atoms with Crippen LogP contribution in [0.3, 0.4) is 0 Å². The van der Waals surface area contributed by atoms with E-state index >= 15 is 0 Å². The molecule has 0 aliphatic carbocycles. The first-order valence-corrected chi connectivity index (χ1v) is 35.1. The molecule has 1 aliphatic heterocycles. The maximum atomic E-state index is 12.0. The van der Waals surface area contributed by atoms with E-state index in [2.05, 4.69) is 106 Å². The first-order valence-electron chi connectivity index (χ1n) is 35.1. The minimum Gasteiger partial charge on any atom is -0.493 e. The molecule has 0 spiro atoms. The molecule has 1 heterocycles. The fourth-order valence-electron chi connectivity index (χ4n) is 11.6. The van der Waals surface area contributed by atoms with Crippen LogP contribution in [0.25, 0.3) is 16.9 Å². The van der Waals surface area contributed by atoms with Gasteiger partial charge in [-0.05, 0) is 118 Å². The third kappa shape index (κ3) is 39.2. The number of rotatable bonds is 50. The molecule has 0 atom stereocenters. The minimum absolute atomic E-state index is 0. The normalized spacial score (nSPS) is 12.3. The molecule has 458 valence electrons. The Morgan fingerprint density at radius 1 is 0.291 bits per heavy atom. The van der Waals surface area contributed by atoms with Crippen LogP contribution < -0.4 is 0 Å². The van der Waals surface area contributed by atoms with Gasteiger partial charge in [-0.25, -0.2) is 4.70 Å². The summed E-state index contributed by atoms with van der Waals surface area (Å²) < 4.78 is 1.57. The quantitative estimate of drug-likeness (QED) is 0.0273. The van der Waals surface area contributed by atoms with E-state index in [4.69, 9.17) is 0 Å². The predicted molar refractivity (Wildman–Crippen MR) is 354 cm³/mol. The van der Waals surface area contributed by atoms with Crippen LogP contribution in [0.4, 0.5) is 0 Å². The van der Waals surface area contributed by atoms with Crippen molar-refractivity contribution in [3.8, 4) is 0 Å². The Morgan fingerprint density at radius 3 is 0.772 bits per heavy atom. The van der Waals surface area contributed by atoms with Crippen molar-refractivity contribution in [2.75, 3.05) is 0 Å². The van der Waals surface area contributed by atoms with Crippen molar-refractivity contribution < 1.29 is 21.2 Å². The SMILES string of the molecule is CCCCCC1=C(c2cc(CCCC)cc(CCCC)c2)[N+](=[N-])C(c2cc(CCCC)cc(CCCC)c2)=C1C.[CH2-]CCCCCCCCCCCCCCCCCC.[CH2-]CCCCCCCCCCCCCCCCCC.[Ni+2]. The average molecular weight is 1130 g/mol. The summed E-state index contributed by atoms with van der Waals surface area (Å²) in [5.41, 5.74) is 24.6. The standard InChI is InChI=1S/C38H56N2.2C19H39.Ni/c1-7-12-17-22-36-29(6)37(34-25-30(18-13-8-2)23-31(26-34)19-14-9-3)40(39)38(36)35-27-32(20-15-10-4)24-33(28-35)21-16-11-5;2*1-3-5-7-9-11-13-15-17-19-18-16-14-12-10-8-6-4-2;/h23-28H,7-22H2,1-6H3;2*1,3-19H2,2H3;/q;2*-1;+2. The Morgan fingerprint density at radius 2 is 0.519 bits per heavy atom. The van der Waals surface area contributed by atoms with Gasteiger partial charge >= 0.3 is 16.5 Å². The topological polar surface area (TPSA) is 25.3 Å². The molecular weight excluding hydrogens is 1000 g/mol. The van der Waals surface area contributed by atoms with Crippen LogP contribution in [0.15, 0.2) is 47.5 Å². The zero-order valence-corrected chi connectivity index (χ0v) is 55.4. The summed E-state index contributed by atoms with van der Waals surface area (Å²) in [4.78, 5) is 0. The molecule has 2 nitrogen and oxygen atoms in total. The second-order valence-electron chi connectivity index (χ2n) is 24.4. The molecule has 0 bridgehead atoms. The fourth-order valence-corrected chi connectivity index (χ4v) is 11.6. The van der Waals surface area contributed by atoms with E-state index in [-0.39, 0.29) is 16.5 Å². The van der Waals surface area contributed by atoms with E-state index in [1.54, 1.807) is 4.70 Å². The molecule has 3 rings (SSSR count). The van der Waals surface area contributed by atoms with Crippen LogP contribution in [-0.2, 0) is 42.2 Å². The van der Waals surface area contributed by atoms with Crippen LogP contribution >= 0.6 is 0 Å². The van der Waals surface area contributed by atoms with E-state index < -0.39 is 0 Å². The first-order chi connectivity index (χ1) is 38.3. The smallest absolute Gasteiger partial charge is 0.493 e. The van der Waals surface area contributed by atoms with Crippen molar-refractivity contribution in [2.45, 2.75) is 376 Å². The first kappa shape index (κ1) is 77.0. The van der Waals surface area contributed by atoms with Gasteiger partial charge < -0.3 is 19.4 Å². The summed E-state index contributed by atoms with van der Waals surface area (Å²) in [5, 5.41) is 0. The molecule has 0 amide bonds. The Bertz CT molecular complexity index is 1630. The third-order valence-electron chi connectivity index (χ3n) is 16.7. The van der Waals surface area contributed by atoms with Gasteiger partial charge in [-0.2, -0.15) is 12.8 Å². The molecule has 2 aromatic carbocycles. The molecule has 1 aliphatic rings. The van der Waals surface area contributed by atoms with Crippen LogP contribution in [0.5, 0.6) is 0 Å². The molecule has 3 heteroatoms. The average Bonchev–Trinajstić information content (AvgIpc) is 3.78. The molecule has 0 fully saturated rings. The molecule has 0 N–H and O–H groups in total. The molecule has 2 aromatic rings. The number of allylic oxidation sites excluding steroid dienone is 2. The van der Waals surface area contributed by atoms with Crippen LogP contribution in [0.1, 0.15) is 384 Å². The van der Waals surface area contributed by atoms with Crippen molar-refractivity contribution in [3.63, 3.8) is 0 Å². The van der Waals surface area contributed by atoms with Crippen molar-refractivity contribution >= 4 is 11.4 Å². The van der Waals surface area contributed by atoms with Gasteiger partial charge in [0.1, 0.15) is 0 Å². The van der Waals surface area contributed by atoms with Crippen molar-refractivity contribution in [1.29, 1.82) is 0 Å². The van der Waals surface area contributed by atoms with Gasteiger partial charge in [0.25, 0.3) is 0 Å². The maximum absolute atomic E-state index is 12.0. The Hall–Kier alpha value is -1.99. The van der Waals surface area contributed by atoms with E-state index in [9.17, 15) is 5.53 Å². The maximum Gasteiger partial charge on any atom is 2.00 e. The number of nitrogens with zero attached hydrogens (tertiary/aromatic N) is 2. The third-order valence-corrected chi connectivity index (χ3v) is 16.7. The fraction of sp³-hybridized carbons (Fsp3) is 0.763. The van der Waals surface area contributed by atoms with Crippen molar-refractivity contribution in [1.82, 2.24) is 0 Å². The number of hydrogen-bond acceptors (Lipinski definition) is 0. The summed E-state index contributed by atoms with van der Waals surface area (Å²) in [6, 6.07) is 14.3. The Balaban J connectivity index is 0.00000131. The summed E-state index contributed by atoms with van der Waals surface area (Å²) in [6.07, 6.45) is 67.2. The molecular formula is C76H134N2Ni. The Kier molecular flexibility index (Phi) is 55.1. The second kappa shape index (κ2) is 56.5. The zero-order chi connectivity index (χ0) is 56.9. The number of unbranched alkanes of at least 4 members (excludes halogenated alkanes) is 38. The molecule has 0 saturated carbocycles. The van der Waals surface area contributed by atoms with Gasteiger partial charge in [-0.15, -0.1) is 0 Å². The van der Waals surface area contributed by atoms with E-state index in [1.807, 2.05) is 0 Å². The van der Waals surface area contributed by atoms with Crippen molar-refractivity contribution in [3.05, 3.63) is 100 Å². The van der Waals surface area contributed by atoms with Crippen LogP contribution in [0, 0.1) is 13.8 Å². The van der Waals surface area contributed by atoms with Gasteiger partial charge in [-0.1, -0.05) is 305 Å². The molecule has 0 radical (unpaired) electrons. The van der Waals surface area contributed by atoms with Gasteiger partial charge in [-0.3, -0.25) is 0 Å². The number of benzene rings is 2. The molecule has 79 heavy (non-hydrogen) atoms. The molecule has 0 unspecified atom stereocenters.